The smallest absolute Gasteiger partial charge is 0.147 e. The number of hydrogen-bond acceptors (Lipinski definition) is 5. The summed E-state index contributed by atoms with van der Waals surface area (Å²) in [5.74, 6) is 0.359. The van der Waals surface area contributed by atoms with Gasteiger partial charge in [0.1, 0.15) is 16.8 Å². The Morgan fingerprint density at radius 2 is 2.00 bits per heavy atom. The maximum atomic E-state index is 13.7. The minimum absolute atomic E-state index is 0.222. The molecule has 0 aliphatic carbocycles. The van der Waals surface area contributed by atoms with Gasteiger partial charge in [0.05, 0.1) is 23.7 Å². The maximum Gasteiger partial charge on any atom is 0.147 e. The van der Waals surface area contributed by atoms with Crippen LogP contribution in [0.4, 0.5) is 10.2 Å². The largest absolute Gasteiger partial charge is 0.389 e. The predicted octanol–water partition coefficient (Wildman–Crippen LogP) is 2.24. The molecular weight excluding hydrogens is 307 g/mol. The third kappa shape index (κ3) is 3.34. The van der Waals surface area contributed by atoms with Crippen LogP contribution in [0.3, 0.4) is 0 Å². The molecule has 3 rings (SSSR count). The number of aliphatic hydroxyl groups is 1. The molecule has 7 heteroatoms. The predicted molar refractivity (Wildman–Crippen MR) is 81.3 cm³/mol. The number of halogens is 2. The number of nitrogens with zero attached hydrogens (tertiary/aromatic N) is 4. The third-order valence-corrected chi connectivity index (χ3v) is 4.15. The van der Waals surface area contributed by atoms with Gasteiger partial charge in [-0.15, -0.1) is 0 Å². The van der Waals surface area contributed by atoms with E-state index >= 15 is 0 Å². The van der Waals surface area contributed by atoms with Crippen molar-refractivity contribution in [1.29, 1.82) is 0 Å². The Morgan fingerprint density at radius 1 is 1.23 bits per heavy atom. The van der Waals surface area contributed by atoms with Crippen LogP contribution in [0.15, 0.2) is 30.7 Å². The molecule has 2 aromatic heterocycles. The van der Waals surface area contributed by atoms with Gasteiger partial charge in [0.15, 0.2) is 0 Å². The summed E-state index contributed by atoms with van der Waals surface area (Å²) in [6.07, 6.45) is 5.92. The van der Waals surface area contributed by atoms with Gasteiger partial charge in [-0.2, -0.15) is 0 Å². The summed E-state index contributed by atoms with van der Waals surface area (Å²) < 4.78 is 13.7. The van der Waals surface area contributed by atoms with Crippen LogP contribution in [0.25, 0.3) is 0 Å². The first kappa shape index (κ1) is 15.1. The third-order valence-electron chi connectivity index (χ3n) is 3.96. The standard InChI is InChI=1S/C15H16ClFN4O/c16-13-9-20-14(10-19-13)21-6-3-15(22,4-7-21)8-12-11(17)2-1-5-18-12/h1-2,5,9-10,22H,3-4,6-8H2. The topological polar surface area (TPSA) is 62.1 Å². The Balaban J connectivity index is 1.65. The average molecular weight is 323 g/mol. The normalized spacial score (nSPS) is 17.5. The Labute approximate surface area is 132 Å². The number of anilines is 1. The van der Waals surface area contributed by atoms with Crippen molar-refractivity contribution < 1.29 is 9.50 Å². The van der Waals surface area contributed by atoms with Gasteiger partial charge in [-0.3, -0.25) is 4.98 Å². The van der Waals surface area contributed by atoms with Crippen molar-refractivity contribution in [3.05, 3.63) is 47.4 Å². The summed E-state index contributed by atoms with van der Waals surface area (Å²) in [5.41, 5.74) is -0.629. The second-order valence-electron chi connectivity index (χ2n) is 5.52. The molecule has 1 fully saturated rings. The number of hydrogen-bond donors (Lipinski definition) is 1. The Kier molecular flexibility index (Phi) is 4.22. The molecule has 0 aromatic carbocycles. The summed E-state index contributed by atoms with van der Waals surface area (Å²) in [4.78, 5) is 14.3. The fourth-order valence-corrected chi connectivity index (χ4v) is 2.76. The fourth-order valence-electron chi connectivity index (χ4n) is 2.66. The minimum Gasteiger partial charge on any atom is -0.389 e. The molecular formula is C15H16ClFN4O. The number of rotatable bonds is 3. The lowest BCUT2D eigenvalue weighted by atomic mass is 9.86. The van der Waals surface area contributed by atoms with Crippen LogP contribution in [0.2, 0.25) is 5.15 Å². The zero-order chi connectivity index (χ0) is 15.6. The summed E-state index contributed by atoms with van der Waals surface area (Å²) in [6.45, 7) is 1.25. The second-order valence-corrected chi connectivity index (χ2v) is 5.90. The van der Waals surface area contributed by atoms with Gasteiger partial charge in [-0.25, -0.2) is 14.4 Å². The molecule has 0 spiro atoms. The highest BCUT2D eigenvalue weighted by atomic mass is 35.5. The van der Waals surface area contributed by atoms with Gasteiger partial charge >= 0.3 is 0 Å². The first-order valence-electron chi connectivity index (χ1n) is 7.10. The molecule has 0 radical (unpaired) electrons. The molecule has 1 aliphatic rings. The highest BCUT2D eigenvalue weighted by molar-refractivity contribution is 6.29. The van der Waals surface area contributed by atoms with Crippen LogP contribution in [0.1, 0.15) is 18.5 Å². The van der Waals surface area contributed by atoms with Crippen molar-refractivity contribution in [2.45, 2.75) is 24.9 Å². The van der Waals surface area contributed by atoms with Crippen LogP contribution >= 0.6 is 11.6 Å². The van der Waals surface area contributed by atoms with E-state index in [1.807, 2.05) is 4.90 Å². The molecule has 0 amide bonds. The molecule has 0 unspecified atom stereocenters. The molecule has 0 bridgehead atoms. The van der Waals surface area contributed by atoms with Crippen molar-refractivity contribution in [3.8, 4) is 0 Å². The molecule has 3 heterocycles. The SMILES string of the molecule is OC1(Cc2ncccc2F)CCN(c2cnc(Cl)cn2)CC1. The lowest BCUT2D eigenvalue weighted by Gasteiger charge is -2.38. The summed E-state index contributed by atoms with van der Waals surface area (Å²) in [7, 11) is 0. The van der Waals surface area contributed by atoms with Gasteiger partial charge in [-0.1, -0.05) is 11.6 Å². The first-order valence-corrected chi connectivity index (χ1v) is 7.48. The number of pyridine rings is 1. The molecule has 0 saturated carbocycles. The van der Waals surface area contributed by atoms with Crippen molar-refractivity contribution in [3.63, 3.8) is 0 Å². The van der Waals surface area contributed by atoms with Gasteiger partial charge in [0.25, 0.3) is 0 Å². The van der Waals surface area contributed by atoms with Crippen LogP contribution < -0.4 is 4.90 Å². The molecule has 1 aliphatic heterocycles. The Hall–Kier alpha value is -1.79. The van der Waals surface area contributed by atoms with Gasteiger partial charge in [-0.05, 0) is 25.0 Å². The highest BCUT2D eigenvalue weighted by Gasteiger charge is 2.34. The van der Waals surface area contributed by atoms with E-state index in [9.17, 15) is 9.50 Å². The number of aromatic nitrogens is 3. The van der Waals surface area contributed by atoms with E-state index in [1.54, 1.807) is 18.5 Å². The van der Waals surface area contributed by atoms with E-state index in [-0.39, 0.29) is 12.2 Å². The molecule has 0 atom stereocenters. The van der Waals surface area contributed by atoms with Crippen molar-refractivity contribution in [2.24, 2.45) is 0 Å². The fraction of sp³-hybridized carbons (Fsp3) is 0.400. The summed E-state index contributed by atoms with van der Waals surface area (Å²) >= 11 is 5.73. The van der Waals surface area contributed by atoms with Crippen LogP contribution in [0.5, 0.6) is 0 Å². The van der Waals surface area contributed by atoms with E-state index in [1.165, 1.54) is 12.3 Å². The van der Waals surface area contributed by atoms with Crippen LogP contribution in [0, 0.1) is 5.82 Å². The van der Waals surface area contributed by atoms with E-state index in [4.69, 9.17) is 11.6 Å². The molecule has 22 heavy (non-hydrogen) atoms. The molecule has 5 nitrogen and oxygen atoms in total. The lowest BCUT2D eigenvalue weighted by Crippen LogP contribution is -2.46. The minimum atomic E-state index is -0.939. The van der Waals surface area contributed by atoms with Gasteiger partial charge < -0.3 is 10.0 Å². The van der Waals surface area contributed by atoms with Crippen LogP contribution in [-0.2, 0) is 6.42 Å². The van der Waals surface area contributed by atoms with Gasteiger partial charge in [0.2, 0.25) is 0 Å². The average Bonchev–Trinajstić information content (AvgIpc) is 2.51. The van der Waals surface area contributed by atoms with Crippen LogP contribution in [-0.4, -0.2) is 38.7 Å². The monoisotopic (exact) mass is 322 g/mol. The molecule has 1 saturated heterocycles. The van der Waals surface area contributed by atoms with E-state index in [0.717, 1.165) is 5.82 Å². The zero-order valence-electron chi connectivity index (χ0n) is 11.9. The molecule has 2 aromatic rings. The lowest BCUT2D eigenvalue weighted by molar-refractivity contribution is 0.0147. The summed E-state index contributed by atoms with van der Waals surface area (Å²) in [5, 5.41) is 11.0. The molecule has 1 N–H and O–H groups in total. The van der Waals surface area contributed by atoms with Crippen molar-refractivity contribution >= 4 is 17.4 Å². The Bertz CT molecular complexity index is 644. The quantitative estimate of drug-likeness (QED) is 0.939. The van der Waals surface area contributed by atoms with Crippen molar-refractivity contribution in [1.82, 2.24) is 15.0 Å². The van der Waals surface area contributed by atoms with Crippen molar-refractivity contribution in [2.75, 3.05) is 18.0 Å². The van der Waals surface area contributed by atoms with E-state index in [0.29, 0.717) is 36.8 Å². The van der Waals surface area contributed by atoms with Gasteiger partial charge in [0, 0.05) is 25.7 Å². The highest BCUT2D eigenvalue weighted by Crippen LogP contribution is 2.28. The Morgan fingerprint density at radius 3 is 2.64 bits per heavy atom. The summed E-state index contributed by atoms with van der Waals surface area (Å²) in [6, 6.07) is 2.91. The van der Waals surface area contributed by atoms with E-state index in [2.05, 4.69) is 15.0 Å². The number of piperidine rings is 1. The second kappa shape index (κ2) is 6.14. The first-order chi connectivity index (χ1) is 10.6. The zero-order valence-corrected chi connectivity index (χ0v) is 12.7. The molecule has 116 valence electrons. The maximum absolute atomic E-state index is 13.7. The van der Waals surface area contributed by atoms with E-state index < -0.39 is 5.60 Å².